The zero-order valence-electron chi connectivity index (χ0n) is 14.2. The molecule has 2 aromatic rings. The van der Waals surface area contributed by atoms with E-state index >= 15 is 0 Å². The number of carbonyl (C=O) groups excluding carboxylic acids is 1. The summed E-state index contributed by atoms with van der Waals surface area (Å²) in [5.74, 6) is -0.711. The van der Waals surface area contributed by atoms with Crippen molar-refractivity contribution < 1.29 is 17.6 Å². The van der Waals surface area contributed by atoms with E-state index in [1.807, 2.05) is 31.2 Å². The fourth-order valence-electron chi connectivity index (χ4n) is 2.46. The van der Waals surface area contributed by atoms with E-state index in [0.29, 0.717) is 0 Å². The lowest BCUT2D eigenvalue weighted by molar-refractivity contribution is -0.120. The lowest BCUT2D eigenvalue weighted by Crippen LogP contribution is -2.38. The molecule has 0 fully saturated rings. The molecule has 5 nitrogen and oxygen atoms in total. The van der Waals surface area contributed by atoms with Crippen LogP contribution in [0.4, 0.5) is 10.1 Å². The Morgan fingerprint density at radius 2 is 1.88 bits per heavy atom. The first kappa shape index (κ1) is 18.9. The van der Waals surface area contributed by atoms with Gasteiger partial charge in [0.1, 0.15) is 5.82 Å². The van der Waals surface area contributed by atoms with Crippen LogP contribution in [0.2, 0.25) is 0 Å². The predicted octanol–water partition coefficient (Wildman–Crippen LogP) is 2.26. The number of sulfonamides is 1. The normalized spacial score (nSPS) is 11.2. The van der Waals surface area contributed by atoms with E-state index in [9.17, 15) is 17.6 Å². The molecule has 0 saturated heterocycles. The van der Waals surface area contributed by atoms with Crippen LogP contribution < -0.4 is 9.62 Å². The number of amides is 1. The largest absolute Gasteiger partial charge is 0.354 e. The van der Waals surface area contributed by atoms with Crippen molar-refractivity contribution >= 4 is 21.6 Å². The number of hydrogen-bond donors (Lipinski definition) is 1. The Morgan fingerprint density at radius 3 is 2.52 bits per heavy atom. The minimum atomic E-state index is -3.58. The van der Waals surface area contributed by atoms with Crippen molar-refractivity contribution in [3.8, 4) is 0 Å². The van der Waals surface area contributed by atoms with Crippen molar-refractivity contribution in [2.45, 2.75) is 13.3 Å². The van der Waals surface area contributed by atoms with Crippen LogP contribution in [0.15, 0.2) is 48.5 Å². The van der Waals surface area contributed by atoms with Gasteiger partial charge >= 0.3 is 0 Å². The molecule has 2 aromatic carbocycles. The maximum atomic E-state index is 13.4. The molecule has 0 radical (unpaired) electrons. The molecule has 1 N–H and O–H groups in total. The van der Waals surface area contributed by atoms with Gasteiger partial charge in [0.25, 0.3) is 0 Å². The molecule has 0 bridgehead atoms. The van der Waals surface area contributed by atoms with Crippen LogP contribution in [0.5, 0.6) is 0 Å². The minimum absolute atomic E-state index is 0.0296. The maximum Gasteiger partial charge on any atom is 0.232 e. The highest BCUT2D eigenvalue weighted by molar-refractivity contribution is 7.92. The third kappa shape index (κ3) is 5.56. The molecular weight excluding hydrogens is 343 g/mol. The Kier molecular flexibility index (Phi) is 6.14. The summed E-state index contributed by atoms with van der Waals surface area (Å²) in [6, 6.07) is 12.9. The third-order valence-corrected chi connectivity index (χ3v) is 4.94. The number of nitrogens with one attached hydrogen (secondary N) is 1. The zero-order chi connectivity index (χ0) is 18.4. The summed E-state index contributed by atoms with van der Waals surface area (Å²) in [5, 5.41) is 2.71. The average Bonchev–Trinajstić information content (AvgIpc) is 2.52. The molecule has 1 amide bonds. The molecule has 0 aliphatic heterocycles. The van der Waals surface area contributed by atoms with Gasteiger partial charge in [0, 0.05) is 6.54 Å². The van der Waals surface area contributed by atoms with Crippen molar-refractivity contribution in [2.75, 3.05) is 23.7 Å². The molecule has 25 heavy (non-hydrogen) atoms. The maximum absolute atomic E-state index is 13.4. The Morgan fingerprint density at radius 1 is 1.16 bits per heavy atom. The number of rotatable bonds is 7. The van der Waals surface area contributed by atoms with Gasteiger partial charge in [-0.2, -0.15) is 0 Å². The lowest BCUT2D eigenvalue weighted by Gasteiger charge is -2.22. The first-order chi connectivity index (χ1) is 11.8. The molecule has 0 aliphatic carbocycles. The van der Waals surface area contributed by atoms with E-state index in [0.717, 1.165) is 27.8 Å². The van der Waals surface area contributed by atoms with Gasteiger partial charge in [0.2, 0.25) is 15.9 Å². The minimum Gasteiger partial charge on any atom is -0.354 e. The first-order valence-electron chi connectivity index (χ1n) is 7.82. The molecule has 134 valence electrons. The number of hydrogen-bond acceptors (Lipinski definition) is 3. The second-order valence-electron chi connectivity index (χ2n) is 5.77. The summed E-state index contributed by atoms with van der Waals surface area (Å²) in [6.07, 6.45) is 1.28. The standard InChI is InChI=1S/C18H21FN2O3S/c1-14-6-3-4-7-15(14)12-18(22)20-10-11-21(25(2,23)24)17-9-5-8-16(19)13-17/h3-9,13H,10-12H2,1-2H3,(H,20,22). The van der Waals surface area contributed by atoms with Gasteiger partial charge in [-0.3, -0.25) is 9.10 Å². The van der Waals surface area contributed by atoms with Gasteiger partial charge in [-0.15, -0.1) is 0 Å². The fourth-order valence-corrected chi connectivity index (χ4v) is 3.38. The summed E-state index contributed by atoms with van der Waals surface area (Å²) in [4.78, 5) is 12.0. The van der Waals surface area contributed by atoms with E-state index in [-0.39, 0.29) is 31.1 Å². The summed E-state index contributed by atoms with van der Waals surface area (Å²) in [7, 11) is -3.58. The highest BCUT2D eigenvalue weighted by Crippen LogP contribution is 2.18. The Hall–Kier alpha value is -2.41. The molecule has 0 heterocycles. The summed E-state index contributed by atoms with van der Waals surface area (Å²) in [5.41, 5.74) is 2.18. The van der Waals surface area contributed by atoms with Crippen molar-refractivity contribution in [1.29, 1.82) is 0 Å². The molecule has 0 atom stereocenters. The van der Waals surface area contributed by atoms with E-state index in [4.69, 9.17) is 0 Å². The lowest BCUT2D eigenvalue weighted by atomic mass is 10.1. The number of benzene rings is 2. The van der Waals surface area contributed by atoms with Gasteiger partial charge in [-0.1, -0.05) is 30.3 Å². The van der Waals surface area contributed by atoms with Crippen molar-refractivity contribution in [3.05, 3.63) is 65.5 Å². The molecule has 7 heteroatoms. The first-order valence-corrected chi connectivity index (χ1v) is 9.66. The van der Waals surface area contributed by atoms with E-state index < -0.39 is 15.8 Å². The SMILES string of the molecule is Cc1ccccc1CC(=O)NCCN(c1cccc(F)c1)S(C)(=O)=O. The topological polar surface area (TPSA) is 66.5 Å². The molecule has 0 saturated carbocycles. The number of aryl methyl sites for hydroxylation is 1. The highest BCUT2D eigenvalue weighted by Gasteiger charge is 2.18. The van der Waals surface area contributed by atoms with Crippen molar-refractivity contribution in [1.82, 2.24) is 5.32 Å². The molecule has 0 spiro atoms. The van der Waals surface area contributed by atoms with Crippen LogP contribution in [-0.2, 0) is 21.2 Å². The number of halogens is 1. The second-order valence-corrected chi connectivity index (χ2v) is 7.68. The van der Waals surface area contributed by atoms with Crippen LogP contribution in [-0.4, -0.2) is 33.7 Å². The molecule has 0 aliphatic rings. The van der Waals surface area contributed by atoms with Crippen molar-refractivity contribution in [2.24, 2.45) is 0 Å². The third-order valence-electron chi connectivity index (χ3n) is 3.75. The van der Waals surface area contributed by atoms with Gasteiger partial charge < -0.3 is 5.32 Å². The molecule has 0 aromatic heterocycles. The van der Waals surface area contributed by atoms with Gasteiger partial charge in [-0.05, 0) is 36.2 Å². The van der Waals surface area contributed by atoms with Crippen LogP contribution >= 0.6 is 0 Å². The number of anilines is 1. The second kappa shape index (κ2) is 8.11. The number of nitrogens with zero attached hydrogens (tertiary/aromatic N) is 1. The van der Waals surface area contributed by atoms with E-state index in [2.05, 4.69) is 5.32 Å². The highest BCUT2D eigenvalue weighted by atomic mass is 32.2. The van der Waals surface area contributed by atoms with Crippen LogP contribution in [0.25, 0.3) is 0 Å². The van der Waals surface area contributed by atoms with Crippen LogP contribution in [0, 0.1) is 12.7 Å². The predicted molar refractivity (Wildman–Crippen MR) is 96.5 cm³/mol. The zero-order valence-corrected chi connectivity index (χ0v) is 15.0. The van der Waals surface area contributed by atoms with E-state index in [1.54, 1.807) is 0 Å². The van der Waals surface area contributed by atoms with E-state index in [1.165, 1.54) is 18.2 Å². The Bertz CT molecular complexity index is 853. The molecule has 2 rings (SSSR count). The number of carbonyl (C=O) groups is 1. The van der Waals surface area contributed by atoms with Gasteiger partial charge in [-0.25, -0.2) is 12.8 Å². The van der Waals surface area contributed by atoms with Crippen molar-refractivity contribution in [3.63, 3.8) is 0 Å². The summed E-state index contributed by atoms with van der Waals surface area (Å²) < 4.78 is 38.3. The van der Waals surface area contributed by atoms with Crippen LogP contribution in [0.1, 0.15) is 11.1 Å². The monoisotopic (exact) mass is 364 g/mol. The quantitative estimate of drug-likeness (QED) is 0.819. The molecule has 0 unspecified atom stereocenters. The van der Waals surface area contributed by atoms with Gasteiger partial charge in [0.05, 0.1) is 24.9 Å². The fraction of sp³-hybridized carbons (Fsp3) is 0.278. The summed E-state index contributed by atoms with van der Waals surface area (Å²) >= 11 is 0. The average molecular weight is 364 g/mol. The Balaban J connectivity index is 1.97. The van der Waals surface area contributed by atoms with Gasteiger partial charge in [0.15, 0.2) is 0 Å². The summed E-state index contributed by atoms with van der Waals surface area (Å²) in [6.45, 7) is 2.09. The Labute approximate surface area is 147 Å². The molecular formula is C18H21FN2O3S. The van der Waals surface area contributed by atoms with Crippen LogP contribution in [0.3, 0.4) is 0 Å². The smallest absolute Gasteiger partial charge is 0.232 e.